The minimum absolute atomic E-state index is 0.00954. The fourth-order valence-electron chi connectivity index (χ4n) is 2.34. The first-order valence-corrected chi connectivity index (χ1v) is 7.33. The SMILES string of the molecule is CCNC(Cc1ccccc1Cl)c1ccc(OC)c(F)c1. The maximum atomic E-state index is 13.9. The van der Waals surface area contributed by atoms with E-state index in [1.54, 1.807) is 6.07 Å². The van der Waals surface area contributed by atoms with E-state index in [1.165, 1.54) is 13.2 Å². The van der Waals surface area contributed by atoms with Crippen molar-refractivity contribution in [2.45, 2.75) is 19.4 Å². The number of benzene rings is 2. The second-order valence-electron chi connectivity index (χ2n) is 4.80. The minimum Gasteiger partial charge on any atom is -0.494 e. The zero-order valence-electron chi connectivity index (χ0n) is 12.2. The molecule has 0 saturated carbocycles. The lowest BCUT2D eigenvalue weighted by Crippen LogP contribution is -2.23. The highest BCUT2D eigenvalue weighted by molar-refractivity contribution is 6.31. The lowest BCUT2D eigenvalue weighted by molar-refractivity contribution is 0.385. The normalized spacial score (nSPS) is 12.2. The zero-order valence-corrected chi connectivity index (χ0v) is 13.0. The predicted octanol–water partition coefficient (Wildman–Crippen LogP) is 4.38. The summed E-state index contributed by atoms with van der Waals surface area (Å²) in [6, 6.07) is 12.8. The summed E-state index contributed by atoms with van der Waals surface area (Å²) in [7, 11) is 1.46. The van der Waals surface area contributed by atoms with Crippen LogP contribution in [0.15, 0.2) is 42.5 Å². The van der Waals surface area contributed by atoms with E-state index in [4.69, 9.17) is 16.3 Å². The van der Waals surface area contributed by atoms with Gasteiger partial charge in [-0.05, 0) is 42.3 Å². The molecule has 1 atom stereocenters. The molecule has 0 aliphatic carbocycles. The Morgan fingerprint density at radius 1 is 1.24 bits per heavy atom. The highest BCUT2D eigenvalue weighted by atomic mass is 35.5. The molecule has 0 radical (unpaired) electrons. The number of halogens is 2. The van der Waals surface area contributed by atoms with E-state index >= 15 is 0 Å². The molecule has 2 nitrogen and oxygen atoms in total. The van der Waals surface area contributed by atoms with Gasteiger partial charge < -0.3 is 10.1 Å². The summed E-state index contributed by atoms with van der Waals surface area (Å²) < 4.78 is 18.9. The average molecular weight is 308 g/mol. The lowest BCUT2D eigenvalue weighted by atomic mass is 9.98. The van der Waals surface area contributed by atoms with Gasteiger partial charge in [-0.3, -0.25) is 0 Å². The second-order valence-corrected chi connectivity index (χ2v) is 5.21. The number of likely N-dealkylation sites (N-methyl/N-ethyl adjacent to an activating group) is 1. The fourth-order valence-corrected chi connectivity index (χ4v) is 2.55. The predicted molar refractivity (Wildman–Crippen MR) is 84.5 cm³/mol. The quantitative estimate of drug-likeness (QED) is 0.855. The van der Waals surface area contributed by atoms with E-state index in [0.29, 0.717) is 6.42 Å². The number of ether oxygens (including phenoxy) is 1. The standard InChI is InChI=1S/C17H19ClFNO/c1-3-20-16(11-12-6-4-5-7-14(12)18)13-8-9-17(21-2)15(19)10-13/h4-10,16,20H,3,11H2,1-2H3. The molecule has 21 heavy (non-hydrogen) atoms. The van der Waals surface area contributed by atoms with Crippen LogP contribution in [0.5, 0.6) is 5.75 Å². The van der Waals surface area contributed by atoms with E-state index in [9.17, 15) is 4.39 Å². The molecule has 0 saturated heterocycles. The van der Waals surface area contributed by atoms with E-state index < -0.39 is 0 Å². The first-order valence-electron chi connectivity index (χ1n) is 6.96. The van der Waals surface area contributed by atoms with Gasteiger partial charge in [0.25, 0.3) is 0 Å². The molecule has 2 rings (SSSR count). The Balaban J connectivity index is 2.26. The third-order valence-electron chi connectivity index (χ3n) is 3.41. The smallest absolute Gasteiger partial charge is 0.165 e. The highest BCUT2D eigenvalue weighted by Crippen LogP contribution is 2.26. The monoisotopic (exact) mass is 307 g/mol. The highest BCUT2D eigenvalue weighted by Gasteiger charge is 2.15. The van der Waals surface area contributed by atoms with Gasteiger partial charge >= 0.3 is 0 Å². The molecular formula is C17H19ClFNO. The number of methoxy groups -OCH3 is 1. The maximum Gasteiger partial charge on any atom is 0.165 e. The number of rotatable bonds is 6. The first-order chi connectivity index (χ1) is 10.2. The van der Waals surface area contributed by atoms with Crippen LogP contribution in [0.4, 0.5) is 4.39 Å². The van der Waals surface area contributed by atoms with Crippen molar-refractivity contribution in [2.24, 2.45) is 0 Å². The molecule has 0 aromatic heterocycles. The summed E-state index contributed by atoms with van der Waals surface area (Å²) in [6.45, 7) is 2.82. The van der Waals surface area contributed by atoms with Gasteiger partial charge in [0, 0.05) is 11.1 Å². The van der Waals surface area contributed by atoms with Gasteiger partial charge in [-0.1, -0.05) is 42.8 Å². The Hall–Kier alpha value is -1.58. The Kier molecular flexibility index (Phi) is 5.59. The van der Waals surface area contributed by atoms with Crippen molar-refractivity contribution < 1.29 is 9.13 Å². The molecule has 0 bridgehead atoms. The zero-order chi connectivity index (χ0) is 15.2. The molecule has 0 amide bonds. The van der Waals surface area contributed by atoms with Crippen molar-refractivity contribution in [3.63, 3.8) is 0 Å². The van der Waals surface area contributed by atoms with Gasteiger partial charge in [0.1, 0.15) is 0 Å². The molecule has 1 N–H and O–H groups in total. The van der Waals surface area contributed by atoms with Crippen LogP contribution in [0.2, 0.25) is 5.02 Å². The minimum atomic E-state index is -0.350. The molecule has 0 aliphatic heterocycles. The average Bonchev–Trinajstić information content (AvgIpc) is 2.49. The topological polar surface area (TPSA) is 21.3 Å². The van der Waals surface area contributed by atoms with E-state index in [-0.39, 0.29) is 17.6 Å². The third-order valence-corrected chi connectivity index (χ3v) is 3.78. The van der Waals surface area contributed by atoms with Crippen molar-refractivity contribution >= 4 is 11.6 Å². The number of nitrogens with one attached hydrogen (secondary N) is 1. The summed E-state index contributed by atoms with van der Waals surface area (Å²) in [6.07, 6.45) is 0.708. The van der Waals surface area contributed by atoms with Crippen LogP contribution in [-0.4, -0.2) is 13.7 Å². The molecule has 4 heteroatoms. The van der Waals surface area contributed by atoms with Crippen LogP contribution in [0.25, 0.3) is 0 Å². The number of hydrogen-bond donors (Lipinski definition) is 1. The van der Waals surface area contributed by atoms with E-state index in [0.717, 1.165) is 22.7 Å². The van der Waals surface area contributed by atoms with Crippen LogP contribution in [0.1, 0.15) is 24.1 Å². The first kappa shape index (κ1) is 15.8. The molecule has 0 aliphatic rings. The van der Waals surface area contributed by atoms with E-state index in [1.807, 2.05) is 37.3 Å². The largest absolute Gasteiger partial charge is 0.494 e. The van der Waals surface area contributed by atoms with Gasteiger partial charge in [0.15, 0.2) is 11.6 Å². The van der Waals surface area contributed by atoms with Crippen LogP contribution < -0.4 is 10.1 Å². The van der Waals surface area contributed by atoms with E-state index in [2.05, 4.69) is 5.32 Å². The summed E-state index contributed by atoms with van der Waals surface area (Å²) in [5, 5.41) is 4.10. The molecule has 0 fully saturated rings. The molecular weight excluding hydrogens is 289 g/mol. The van der Waals surface area contributed by atoms with Crippen molar-refractivity contribution in [3.05, 3.63) is 64.4 Å². The Bertz CT molecular complexity index is 603. The van der Waals surface area contributed by atoms with Crippen LogP contribution in [0.3, 0.4) is 0 Å². The van der Waals surface area contributed by atoms with Gasteiger partial charge in [0.2, 0.25) is 0 Å². The second kappa shape index (κ2) is 7.43. The summed E-state index contributed by atoms with van der Waals surface area (Å²) in [5.74, 6) is -0.0937. The third kappa shape index (κ3) is 3.96. The summed E-state index contributed by atoms with van der Waals surface area (Å²) in [4.78, 5) is 0. The van der Waals surface area contributed by atoms with Gasteiger partial charge in [0.05, 0.1) is 7.11 Å². The lowest BCUT2D eigenvalue weighted by Gasteiger charge is -2.19. The van der Waals surface area contributed by atoms with Crippen LogP contribution in [0, 0.1) is 5.82 Å². The van der Waals surface area contributed by atoms with Crippen molar-refractivity contribution in [1.82, 2.24) is 5.32 Å². The molecule has 2 aromatic rings. The van der Waals surface area contributed by atoms with Gasteiger partial charge in [-0.15, -0.1) is 0 Å². The fraction of sp³-hybridized carbons (Fsp3) is 0.294. The molecule has 1 unspecified atom stereocenters. The Morgan fingerprint density at radius 3 is 2.62 bits per heavy atom. The maximum absolute atomic E-state index is 13.9. The van der Waals surface area contributed by atoms with Gasteiger partial charge in [-0.25, -0.2) is 4.39 Å². The molecule has 2 aromatic carbocycles. The Labute approximate surface area is 129 Å². The summed E-state index contributed by atoms with van der Waals surface area (Å²) in [5.41, 5.74) is 1.93. The molecule has 0 heterocycles. The summed E-state index contributed by atoms with van der Waals surface area (Å²) >= 11 is 6.21. The molecule has 112 valence electrons. The van der Waals surface area contributed by atoms with Crippen molar-refractivity contribution in [3.8, 4) is 5.75 Å². The van der Waals surface area contributed by atoms with Crippen LogP contribution >= 0.6 is 11.6 Å². The molecule has 0 spiro atoms. The van der Waals surface area contributed by atoms with Crippen molar-refractivity contribution in [1.29, 1.82) is 0 Å². The Morgan fingerprint density at radius 2 is 2.00 bits per heavy atom. The number of hydrogen-bond acceptors (Lipinski definition) is 2. The van der Waals surface area contributed by atoms with Crippen molar-refractivity contribution in [2.75, 3.05) is 13.7 Å². The van der Waals surface area contributed by atoms with Gasteiger partial charge in [-0.2, -0.15) is 0 Å². The van der Waals surface area contributed by atoms with Crippen LogP contribution in [-0.2, 0) is 6.42 Å².